The van der Waals surface area contributed by atoms with Crippen molar-refractivity contribution in [1.29, 1.82) is 0 Å². The molecule has 7 heteroatoms. The van der Waals surface area contributed by atoms with E-state index in [-0.39, 0.29) is 0 Å². The average Bonchev–Trinajstić information content (AvgIpc) is 3.28. The quantitative estimate of drug-likeness (QED) is 0.486. The molecule has 0 atom stereocenters. The van der Waals surface area contributed by atoms with Gasteiger partial charge in [-0.1, -0.05) is 37.3 Å². The molecular weight excluding hydrogens is 430 g/mol. The van der Waals surface area contributed by atoms with Crippen molar-refractivity contribution in [2.24, 2.45) is 5.92 Å². The fraction of sp³-hybridized carbons (Fsp3) is 0.538. The molecule has 0 amide bonds. The maximum atomic E-state index is 5.51. The lowest BCUT2D eigenvalue weighted by Gasteiger charge is -2.30. The number of fused-ring (bicyclic) bond motifs is 1. The number of hydrogen-bond donors (Lipinski definition) is 1. The molecule has 1 N–H and O–H groups in total. The summed E-state index contributed by atoms with van der Waals surface area (Å²) < 4.78 is 5.51. The van der Waals surface area contributed by atoms with Gasteiger partial charge in [0, 0.05) is 30.6 Å². The van der Waals surface area contributed by atoms with Crippen LogP contribution in [-0.4, -0.2) is 72.3 Å². The highest BCUT2D eigenvalue weighted by molar-refractivity contribution is 7.17. The smallest absolute Gasteiger partial charge is 0.146 e. The largest absolute Gasteiger partial charge is 0.379 e. The van der Waals surface area contributed by atoms with Crippen LogP contribution in [0.5, 0.6) is 0 Å². The zero-order valence-corrected chi connectivity index (χ0v) is 20.4. The van der Waals surface area contributed by atoms with Crippen molar-refractivity contribution < 1.29 is 4.74 Å². The van der Waals surface area contributed by atoms with E-state index in [2.05, 4.69) is 57.8 Å². The lowest BCUT2D eigenvalue weighted by Crippen LogP contribution is -2.36. The summed E-state index contributed by atoms with van der Waals surface area (Å²) in [6, 6.07) is 10.6. The van der Waals surface area contributed by atoms with E-state index in [0.717, 1.165) is 80.1 Å². The first-order valence-electron chi connectivity index (χ1n) is 12.4. The summed E-state index contributed by atoms with van der Waals surface area (Å²) >= 11 is 1.72. The third-order valence-corrected chi connectivity index (χ3v) is 7.73. The molecule has 2 aromatic heterocycles. The van der Waals surface area contributed by atoms with Gasteiger partial charge in [-0.25, -0.2) is 9.97 Å². The fourth-order valence-corrected chi connectivity index (χ4v) is 5.74. The van der Waals surface area contributed by atoms with Crippen LogP contribution >= 0.6 is 11.3 Å². The van der Waals surface area contributed by atoms with Crippen LogP contribution in [0.25, 0.3) is 21.3 Å². The summed E-state index contributed by atoms with van der Waals surface area (Å²) in [5, 5.41) is 7.08. The maximum absolute atomic E-state index is 5.51. The van der Waals surface area contributed by atoms with Crippen LogP contribution in [0.2, 0.25) is 0 Å². The monoisotopic (exact) mass is 465 g/mol. The number of morpholine rings is 1. The van der Waals surface area contributed by atoms with E-state index >= 15 is 0 Å². The minimum Gasteiger partial charge on any atom is -0.379 e. The predicted octanol–water partition coefficient (Wildman–Crippen LogP) is 4.72. The molecule has 6 nitrogen and oxygen atoms in total. The van der Waals surface area contributed by atoms with Crippen molar-refractivity contribution in [3.05, 3.63) is 41.5 Å². The normalized spacial score (nSPS) is 18.7. The SMILES string of the molecule is CC1CCN(CCCNc2nc(CN3CCOCC3)nc3scc(-c4ccccc4)c23)CC1. The number of likely N-dealkylation sites (tertiary alicyclic amines) is 1. The maximum Gasteiger partial charge on any atom is 0.146 e. The van der Waals surface area contributed by atoms with Crippen LogP contribution in [0.4, 0.5) is 5.82 Å². The van der Waals surface area contributed by atoms with Gasteiger partial charge in [0.2, 0.25) is 0 Å². The number of rotatable bonds is 8. The molecule has 5 rings (SSSR count). The lowest BCUT2D eigenvalue weighted by molar-refractivity contribution is 0.0331. The lowest BCUT2D eigenvalue weighted by atomic mass is 9.99. The molecule has 2 saturated heterocycles. The Morgan fingerprint density at radius 1 is 1.03 bits per heavy atom. The van der Waals surface area contributed by atoms with Gasteiger partial charge in [0.1, 0.15) is 16.5 Å². The second kappa shape index (κ2) is 10.9. The van der Waals surface area contributed by atoms with Crippen molar-refractivity contribution in [1.82, 2.24) is 19.8 Å². The Bertz CT molecular complexity index is 1030. The molecule has 0 spiro atoms. The van der Waals surface area contributed by atoms with Gasteiger partial charge >= 0.3 is 0 Å². The first kappa shape index (κ1) is 22.7. The first-order chi connectivity index (χ1) is 16.3. The molecule has 33 heavy (non-hydrogen) atoms. The summed E-state index contributed by atoms with van der Waals surface area (Å²) in [6.07, 6.45) is 3.80. The highest BCUT2D eigenvalue weighted by Gasteiger charge is 2.19. The number of anilines is 1. The van der Waals surface area contributed by atoms with Crippen LogP contribution in [0.15, 0.2) is 35.7 Å². The predicted molar refractivity (Wildman–Crippen MR) is 137 cm³/mol. The standard InChI is InChI=1S/C26H35N5OS/c1-20-8-12-30(13-9-20)11-5-10-27-25-24-22(21-6-3-2-4-7-21)19-33-26(24)29-23(28-25)18-31-14-16-32-17-15-31/h2-4,6-7,19-20H,5,8-18H2,1H3,(H,27,28,29). The van der Waals surface area contributed by atoms with Crippen LogP contribution in [0.1, 0.15) is 32.0 Å². The van der Waals surface area contributed by atoms with Crippen molar-refractivity contribution in [3.63, 3.8) is 0 Å². The van der Waals surface area contributed by atoms with Gasteiger partial charge in [0.15, 0.2) is 0 Å². The van der Waals surface area contributed by atoms with E-state index in [1.54, 1.807) is 11.3 Å². The Hall–Kier alpha value is -2.06. The van der Waals surface area contributed by atoms with Gasteiger partial charge in [0.05, 0.1) is 25.1 Å². The summed E-state index contributed by atoms with van der Waals surface area (Å²) in [4.78, 5) is 16.1. The highest BCUT2D eigenvalue weighted by atomic mass is 32.1. The Morgan fingerprint density at radius 3 is 2.61 bits per heavy atom. The third-order valence-electron chi connectivity index (χ3n) is 6.85. The highest BCUT2D eigenvalue weighted by Crippen LogP contribution is 2.37. The number of ether oxygens (including phenoxy) is 1. The Balaban J connectivity index is 1.34. The second-order valence-corrected chi connectivity index (χ2v) is 10.2. The van der Waals surface area contributed by atoms with Gasteiger partial charge in [-0.05, 0) is 50.4 Å². The molecule has 2 fully saturated rings. The van der Waals surface area contributed by atoms with Gasteiger partial charge in [-0.15, -0.1) is 11.3 Å². The molecule has 0 saturated carbocycles. The first-order valence-corrected chi connectivity index (χ1v) is 13.2. The second-order valence-electron chi connectivity index (χ2n) is 9.38. The average molecular weight is 466 g/mol. The van der Waals surface area contributed by atoms with Gasteiger partial charge in [-0.2, -0.15) is 0 Å². The molecule has 0 unspecified atom stereocenters. The molecular formula is C26H35N5OS. The number of thiophene rings is 1. The van der Waals surface area contributed by atoms with Crippen molar-refractivity contribution in [2.75, 3.05) is 57.8 Å². The Labute approximate surface area is 201 Å². The van der Waals surface area contributed by atoms with Crippen molar-refractivity contribution in [2.45, 2.75) is 32.7 Å². The van der Waals surface area contributed by atoms with Crippen molar-refractivity contribution >= 4 is 27.4 Å². The molecule has 2 aliphatic rings. The summed E-state index contributed by atoms with van der Waals surface area (Å²) in [6.45, 7) is 11.2. The van der Waals surface area contributed by atoms with E-state index in [4.69, 9.17) is 14.7 Å². The number of aromatic nitrogens is 2. The van der Waals surface area contributed by atoms with E-state index < -0.39 is 0 Å². The summed E-state index contributed by atoms with van der Waals surface area (Å²) in [7, 11) is 0. The molecule has 0 bridgehead atoms. The Kier molecular flexibility index (Phi) is 7.51. The third kappa shape index (κ3) is 5.72. The van der Waals surface area contributed by atoms with Gasteiger partial charge < -0.3 is 15.0 Å². The molecule has 4 heterocycles. The van der Waals surface area contributed by atoms with Crippen molar-refractivity contribution in [3.8, 4) is 11.1 Å². The molecule has 176 valence electrons. The molecule has 0 aliphatic carbocycles. The van der Waals surface area contributed by atoms with Gasteiger partial charge in [-0.3, -0.25) is 4.90 Å². The minimum absolute atomic E-state index is 0.776. The number of nitrogens with zero attached hydrogens (tertiary/aromatic N) is 4. The summed E-state index contributed by atoms with van der Waals surface area (Å²) in [5.74, 6) is 2.77. The zero-order chi connectivity index (χ0) is 22.5. The van der Waals surface area contributed by atoms with Crippen LogP contribution < -0.4 is 5.32 Å². The molecule has 2 aliphatic heterocycles. The van der Waals surface area contributed by atoms with E-state index in [1.165, 1.54) is 37.1 Å². The van der Waals surface area contributed by atoms with Crippen LogP contribution in [0.3, 0.4) is 0 Å². The number of benzene rings is 1. The number of nitrogens with one attached hydrogen (secondary N) is 1. The Morgan fingerprint density at radius 2 is 1.82 bits per heavy atom. The fourth-order valence-electron chi connectivity index (χ4n) is 4.77. The summed E-state index contributed by atoms with van der Waals surface area (Å²) in [5.41, 5.74) is 2.44. The number of hydrogen-bond acceptors (Lipinski definition) is 7. The van der Waals surface area contributed by atoms with Crippen LogP contribution in [0, 0.1) is 5.92 Å². The number of piperidine rings is 1. The van der Waals surface area contributed by atoms with Gasteiger partial charge in [0.25, 0.3) is 0 Å². The minimum atomic E-state index is 0.776. The van der Waals surface area contributed by atoms with E-state index in [1.807, 2.05) is 0 Å². The zero-order valence-electron chi connectivity index (χ0n) is 19.6. The molecule has 3 aromatic rings. The molecule has 1 aromatic carbocycles. The van der Waals surface area contributed by atoms with E-state index in [9.17, 15) is 0 Å². The molecule has 0 radical (unpaired) electrons. The topological polar surface area (TPSA) is 53.5 Å². The van der Waals surface area contributed by atoms with E-state index in [0.29, 0.717) is 0 Å². The van der Waals surface area contributed by atoms with Crippen LogP contribution in [-0.2, 0) is 11.3 Å².